The van der Waals surface area contributed by atoms with Crippen molar-refractivity contribution in [1.82, 2.24) is 0 Å². The molecule has 8 heteroatoms. The third kappa shape index (κ3) is 5.64. The molecule has 2 N–H and O–H groups in total. The second kappa shape index (κ2) is 10.0. The highest BCUT2D eigenvalue weighted by atomic mass is 32.1. The lowest BCUT2D eigenvalue weighted by molar-refractivity contribution is -0.156. The van der Waals surface area contributed by atoms with Crippen LogP contribution in [-0.2, 0) is 19.1 Å². The number of hydrogen-bond donors (Lipinski definition) is 2. The first-order valence-corrected chi connectivity index (χ1v) is 9.65. The first-order valence-electron chi connectivity index (χ1n) is 8.83. The molecule has 1 amide bonds. The maximum absolute atomic E-state index is 12.2. The van der Waals surface area contributed by atoms with Gasteiger partial charge in [0.25, 0.3) is 5.91 Å². The minimum Gasteiger partial charge on any atom is -0.462 e. The first kappa shape index (κ1) is 21.6. The molecule has 0 fully saturated rings. The van der Waals surface area contributed by atoms with E-state index in [-0.39, 0.29) is 18.1 Å². The molecule has 0 radical (unpaired) electrons. The quantitative estimate of drug-likeness (QED) is 0.654. The molecule has 2 rings (SSSR count). The van der Waals surface area contributed by atoms with Crippen LogP contribution in [0.1, 0.15) is 53.6 Å². The Kier molecular flexibility index (Phi) is 7.71. The van der Waals surface area contributed by atoms with Gasteiger partial charge in [-0.15, -0.1) is 11.3 Å². The van der Waals surface area contributed by atoms with Gasteiger partial charge in [-0.05, 0) is 24.5 Å². The molecule has 0 saturated heterocycles. The maximum Gasteiger partial charge on any atom is 0.341 e. The average Bonchev–Trinajstić information content (AvgIpc) is 3.10. The highest BCUT2D eigenvalue weighted by Gasteiger charge is 2.22. The van der Waals surface area contributed by atoms with Gasteiger partial charge in [-0.25, -0.2) is 9.59 Å². The van der Waals surface area contributed by atoms with Crippen molar-refractivity contribution in [1.29, 1.82) is 0 Å². The number of hydrogen-bond acceptors (Lipinski definition) is 7. The molecule has 150 valence electrons. The van der Waals surface area contributed by atoms with Crippen LogP contribution in [0, 0.1) is 0 Å². The van der Waals surface area contributed by atoms with Gasteiger partial charge in [0.2, 0.25) is 0 Å². The van der Waals surface area contributed by atoms with Gasteiger partial charge in [-0.1, -0.05) is 44.2 Å². The zero-order chi connectivity index (χ0) is 20.7. The third-order valence-corrected chi connectivity index (χ3v) is 5.10. The van der Waals surface area contributed by atoms with Crippen LogP contribution in [-0.4, -0.2) is 36.2 Å². The predicted octanol–water partition coefficient (Wildman–Crippen LogP) is 3.26. The van der Waals surface area contributed by atoms with E-state index < -0.39 is 30.6 Å². The van der Waals surface area contributed by atoms with Crippen molar-refractivity contribution >= 4 is 34.2 Å². The number of carbonyl (C=O) groups excluding carboxylic acids is 3. The lowest BCUT2D eigenvalue weighted by Crippen LogP contribution is -2.24. The highest BCUT2D eigenvalue weighted by molar-refractivity contribution is 7.16. The summed E-state index contributed by atoms with van der Waals surface area (Å²) in [6, 6.07) is 9.96. The van der Waals surface area contributed by atoms with E-state index in [4.69, 9.17) is 9.47 Å². The van der Waals surface area contributed by atoms with E-state index in [0.29, 0.717) is 10.6 Å². The second-order valence-corrected chi connectivity index (χ2v) is 7.32. The smallest absolute Gasteiger partial charge is 0.341 e. The molecule has 28 heavy (non-hydrogen) atoms. The van der Waals surface area contributed by atoms with Crippen LogP contribution < -0.4 is 5.32 Å². The van der Waals surface area contributed by atoms with E-state index in [1.165, 1.54) is 11.3 Å². The SMILES string of the molecule is CCOC(=O)c1cc(C(C)C)sc1NC(=O)COC(=O)[C@H](O)c1ccccc1. The molecule has 0 saturated carbocycles. The van der Waals surface area contributed by atoms with Gasteiger partial charge in [0.1, 0.15) is 5.00 Å². The summed E-state index contributed by atoms with van der Waals surface area (Å²) >= 11 is 1.26. The number of thiophene rings is 1. The van der Waals surface area contributed by atoms with E-state index in [0.717, 1.165) is 4.88 Å². The molecule has 1 aromatic heterocycles. The summed E-state index contributed by atoms with van der Waals surface area (Å²) in [4.78, 5) is 37.1. The monoisotopic (exact) mass is 405 g/mol. The van der Waals surface area contributed by atoms with Crippen molar-refractivity contribution in [3.8, 4) is 0 Å². The number of anilines is 1. The molecular weight excluding hydrogens is 382 g/mol. The molecule has 0 aliphatic carbocycles. The van der Waals surface area contributed by atoms with E-state index >= 15 is 0 Å². The number of amides is 1. The van der Waals surface area contributed by atoms with Crippen molar-refractivity contribution in [2.45, 2.75) is 32.8 Å². The lowest BCUT2D eigenvalue weighted by atomic mass is 10.1. The Morgan fingerprint density at radius 2 is 1.82 bits per heavy atom. The van der Waals surface area contributed by atoms with Crippen LogP contribution in [0.25, 0.3) is 0 Å². The number of aliphatic hydroxyl groups excluding tert-OH is 1. The molecular formula is C20H23NO6S. The molecule has 1 heterocycles. The Morgan fingerprint density at radius 1 is 1.14 bits per heavy atom. The molecule has 0 bridgehead atoms. The first-order chi connectivity index (χ1) is 13.3. The Bertz CT molecular complexity index is 830. The fraction of sp³-hybridized carbons (Fsp3) is 0.350. The molecule has 0 aliphatic heterocycles. The van der Waals surface area contributed by atoms with Gasteiger partial charge in [0, 0.05) is 4.88 Å². The highest BCUT2D eigenvalue weighted by Crippen LogP contribution is 2.33. The van der Waals surface area contributed by atoms with E-state index in [1.807, 2.05) is 13.8 Å². The van der Waals surface area contributed by atoms with Crippen LogP contribution in [0.2, 0.25) is 0 Å². The van der Waals surface area contributed by atoms with Crippen LogP contribution >= 0.6 is 11.3 Å². The summed E-state index contributed by atoms with van der Waals surface area (Å²) in [5, 5.41) is 12.9. The van der Waals surface area contributed by atoms with Gasteiger partial charge < -0.3 is 19.9 Å². The fourth-order valence-electron chi connectivity index (χ4n) is 2.30. The Balaban J connectivity index is 2.00. The summed E-state index contributed by atoms with van der Waals surface area (Å²) in [5.41, 5.74) is 0.636. The lowest BCUT2D eigenvalue weighted by Gasteiger charge is -2.11. The van der Waals surface area contributed by atoms with Crippen molar-refractivity contribution in [2.24, 2.45) is 0 Å². The normalized spacial score (nSPS) is 11.8. The van der Waals surface area contributed by atoms with Crippen LogP contribution in [0.3, 0.4) is 0 Å². The predicted molar refractivity (Wildman–Crippen MR) is 105 cm³/mol. The molecule has 0 unspecified atom stereocenters. The summed E-state index contributed by atoms with van der Waals surface area (Å²) in [5.74, 6) is -1.91. The molecule has 0 spiro atoms. The molecule has 1 aromatic carbocycles. The van der Waals surface area contributed by atoms with Gasteiger partial charge in [-0.3, -0.25) is 4.79 Å². The van der Waals surface area contributed by atoms with Crippen molar-refractivity contribution in [2.75, 3.05) is 18.5 Å². The van der Waals surface area contributed by atoms with Crippen molar-refractivity contribution < 1.29 is 29.0 Å². The van der Waals surface area contributed by atoms with Gasteiger partial charge in [-0.2, -0.15) is 0 Å². The van der Waals surface area contributed by atoms with Gasteiger partial charge >= 0.3 is 11.9 Å². The number of esters is 2. The minimum absolute atomic E-state index is 0.169. The fourth-order valence-corrected chi connectivity index (χ4v) is 3.36. The summed E-state index contributed by atoms with van der Waals surface area (Å²) in [7, 11) is 0. The van der Waals surface area contributed by atoms with Crippen molar-refractivity contribution in [3.05, 3.63) is 52.4 Å². The summed E-state index contributed by atoms with van der Waals surface area (Å²) < 4.78 is 9.90. The largest absolute Gasteiger partial charge is 0.462 e. The molecule has 0 aliphatic rings. The Hall–Kier alpha value is -2.71. The maximum atomic E-state index is 12.2. The van der Waals surface area contributed by atoms with E-state index in [9.17, 15) is 19.5 Å². The zero-order valence-corrected chi connectivity index (χ0v) is 16.7. The topological polar surface area (TPSA) is 102 Å². The number of ether oxygens (including phenoxy) is 2. The van der Waals surface area contributed by atoms with Crippen LogP contribution in [0.4, 0.5) is 5.00 Å². The second-order valence-electron chi connectivity index (χ2n) is 6.24. The molecule has 7 nitrogen and oxygen atoms in total. The van der Waals surface area contributed by atoms with E-state index in [1.54, 1.807) is 43.3 Å². The zero-order valence-electron chi connectivity index (χ0n) is 15.9. The van der Waals surface area contributed by atoms with Gasteiger partial charge in [0.05, 0.1) is 12.2 Å². The number of nitrogens with one attached hydrogen (secondary N) is 1. The van der Waals surface area contributed by atoms with E-state index in [2.05, 4.69) is 5.32 Å². The minimum atomic E-state index is -1.47. The number of benzene rings is 1. The average molecular weight is 405 g/mol. The summed E-state index contributed by atoms with van der Waals surface area (Å²) in [6.45, 7) is 5.27. The van der Waals surface area contributed by atoms with Crippen LogP contribution in [0.15, 0.2) is 36.4 Å². The third-order valence-electron chi connectivity index (χ3n) is 3.75. The number of carbonyl (C=O) groups is 3. The standard InChI is InChI=1S/C20H23NO6S/c1-4-26-19(24)14-10-15(12(2)3)28-18(14)21-16(22)11-27-20(25)17(23)13-8-6-5-7-9-13/h5-10,12,17,23H,4,11H2,1-3H3,(H,21,22)/t17-/m1/s1. The molecule has 1 atom stereocenters. The number of aliphatic hydroxyl groups is 1. The van der Waals surface area contributed by atoms with Gasteiger partial charge in [0.15, 0.2) is 12.7 Å². The number of rotatable bonds is 8. The van der Waals surface area contributed by atoms with Crippen molar-refractivity contribution in [3.63, 3.8) is 0 Å². The Morgan fingerprint density at radius 3 is 2.43 bits per heavy atom. The summed E-state index contributed by atoms with van der Waals surface area (Å²) in [6.07, 6.45) is -1.47. The molecule has 2 aromatic rings. The Labute approximate surface area is 167 Å². The van der Waals surface area contributed by atoms with Crippen LogP contribution in [0.5, 0.6) is 0 Å².